The molecule has 2 aliphatic carbocycles. The topological polar surface area (TPSA) is 9.23 Å². The molecule has 2 heteroatoms. The number of ether oxygens (including phenoxy) is 1. The van der Waals surface area contributed by atoms with Gasteiger partial charge in [-0.2, -0.15) is 0 Å². The average molecular weight is 252 g/mol. The van der Waals surface area contributed by atoms with Gasteiger partial charge in [-0.1, -0.05) is 11.8 Å². The van der Waals surface area contributed by atoms with E-state index in [4.69, 9.17) is 4.74 Å². The number of rotatable bonds is 2. The van der Waals surface area contributed by atoms with E-state index in [2.05, 4.69) is 18.8 Å². The molecule has 0 N–H and O–H groups in total. The number of hydrogen-bond donors (Lipinski definition) is 0. The van der Waals surface area contributed by atoms with Gasteiger partial charge >= 0.3 is 0 Å². The Kier molecular flexibility index (Phi) is 5.50. The van der Waals surface area contributed by atoms with Gasteiger partial charge in [-0.15, -0.1) is 0 Å². The van der Waals surface area contributed by atoms with Crippen molar-refractivity contribution in [1.29, 1.82) is 0 Å². The summed E-state index contributed by atoms with van der Waals surface area (Å²) in [5.74, 6) is 7.86. The molecule has 2 aliphatic rings. The Morgan fingerprint density at radius 2 is 1.39 bits per heavy atom. The van der Waals surface area contributed by atoms with Gasteiger partial charge in [0.15, 0.2) is 0 Å². The fraction of sp³-hybridized carbons (Fsp3) is 0.875. The Balaban J connectivity index is 1.71. The van der Waals surface area contributed by atoms with Crippen molar-refractivity contribution in [3.8, 4) is 11.8 Å². The highest BCUT2D eigenvalue weighted by molar-refractivity contribution is 5.09. The first kappa shape index (κ1) is 13.9. The Morgan fingerprint density at radius 3 is 1.89 bits per heavy atom. The first-order valence-corrected chi connectivity index (χ1v) is 7.54. The van der Waals surface area contributed by atoms with E-state index in [9.17, 15) is 4.39 Å². The molecule has 0 unspecified atom stereocenters. The van der Waals surface area contributed by atoms with E-state index < -0.39 is 6.17 Å². The number of alkyl halides is 1. The van der Waals surface area contributed by atoms with Crippen LogP contribution in [0.2, 0.25) is 0 Å². The van der Waals surface area contributed by atoms with Crippen LogP contribution in [0.3, 0.4) is 0 Å². The Bertz CT molecular complexity index is 288. The highest BCUT2D eigenvalue weighted by atomic mass is 19.1. The van der Waals surface area contributed by atoms with Crippen molar-refractivity contribution in [3.63, 3.8) is 0 Å². The second kappa shape index (κ2) is 7.14. The molecule has 0 aromatic rings. The summed E-state index contributed by atoms with van der Waals surface area (Å²) in [4.78, 5) is 0. The molecule has 1 nitrogen and oxygen atoms in total. The van der Waals surface area contributed by atoms with Crippen LogP contribution < -0.4 is 0 Å². The third kappa shape index (κ3) is 4.28. The zero-order chi connectivity index (χ0) is 12.8. The van der Waals surface area contributed by atoms with Crippen LogP contribution >= 0.6 is 0 Å². The van der Waals surface area contributed by atoms with Gasteiger partial charge in [0.2, 0.25) is 0 Å². The molecule has 0 amide bonds. The third-order valence-electron chi connectivity index (χ3n) is 4.22. The van der Waals surface area contributed by atoms with Crippen molar-refractivity contribution in [1.82, 2.24) is 0 Å². The summed E-state index contributed by atoms with van der Waals surface area (Å²) in [6.07, 6.45) is 7.93. The van der Waals surface area contributed by atoms with Crippen molar-refractivity contribution in [3.05, 3.63) is 0 Å². The molecule has 0 saturated heterocycles. The van der Waals surface area contributed by atoms with Crippen LogP contribution in [0.4, 0.5) is 4.39 Å². The van der Waals surface area contributed by atoms with Crippen LogP contribution in [0.5, 0.6) is 0 Å². The van der Waals surface area contributed by atoms with Crippen LogP contribution in [-0.4, -0.2) is 18.9 Å². The molecule has 18 heavy (non-hydrogen) atoms. The van der Waals surface area contributed by atoms with E-state index in [0.717, 1.165) is 45.1 Å². The lowest BCUT2D eigenvalue weighted by atomic mass is 9.85. The standard InChI is InChI=1S/C16H25FO/c1-2-18-16-11-7-14(8-12-16)4-3-13-5-9-15(17)10-6-13/h13-16H,2,5-12H2,1H3. The smallest absolute Gasteiger partial charge is 0.100 e. The van der Waals surface area contributed by atoms with Gasteiger partial charge in [-0.3, -0.25) is 0 Å². The van der Waals surface area contributed by atoms with Crippen molar-refractivity contribution in [2.24, 2.45) is 11.8 Å². The summed E-state index contributed by atoms with van der Waals surface area (Å²) in [6, 6.07) is 0. The van der Waals surface area contributed by atoms with E-state index in [1.54, 1.807) is 0 Å². The molecular formula is C16H25FO. The predicted octanol–water partition coefficient (Wildman–Crippen LogP) is 4.11. The lowest BCUT2D eigenvalue weighted by Gasteiger charge is -2.25. The number of hydrogen-bond acceptors (Lipinski definition) is 1. The van der Waals surface area contributed by atoms with Gasteiger partial charge in [0.05, 0.1) is 6.10 Å². The molecule has 0 atom stereocenters. The van der Waals surface area contributed by atoms with Crippen LogP contribution in [0.15, 0.2) is 0 Å². The van der Waals surface area contributed by atoms with Gasteiger partial charge in [0, 0.05) is 18.4 Å². The SMILES string of the molecule is CCOC1CCC(C#CC2CCC(F)CC2)CC1. The van der Waals surface area contributed by atoms with Crippen molar-refractivity contribution in [2.75, 3.05) is 6.61 Å². The summed E-state index contributed by atoms with van der Waals surface area (Å²) >= 11 is 0. The Hall–Kier alpha value is -0.550. The minimum Gasteiger partial charge on any atom is -0.379 e. The summed E-state index contributed by atoms with van der Waals surface area (Å²) < 4.78 is 18.7. The van der Waals surface area contributed by atoms with E-state index in [1.807, 2.05) is 0 Å². The fourth-order valence-electron chi connectivity index (χ4n) is 3.04. The van der Waals surface area contributed by atoms with Crippen LogP contribution in [0.25, 0.3) is 0 Å². The Labute approximate surface area is 110 Å². The van der Waals surface area contributed by atoms with Crippen molar-refractivity contribution < 1.29 is 9.13 Å². The fourth-order valence-corrected chi connectivity index (χ4v) is 3.04. The van der Waals surface area contributed by atoms with Crippen LogP contribution in [-0.2, 0) is 4.74 Å². The van der Waals surface area contributed by atoms with Gasteiger partial charge < -0.3 is 4.74 Å². The molecule has 102 valence electrons. The van der Waals surface area contributed by atoms with Gasteiger partial charge in [-0.05, 0) is 58.3 Å². The molecular weight excluding hydrogens is 227 g/mol. The zero-order valence-corrected chi connectivity index (χ0v) is 11.5. The first-order chi connectivity index (χ1) is 8.78. The maximum Gasteiger partial charge on any atom is 0.100 e. The molecule has 0 heterocycles. The third-order valence-corrected chi connectivity index (χ3v) is 4.22. The van der Waals surface area contributed by atoms with Gasteiger partial charge in [0.1, 0.15) is 6.17 Å². The first-order valence-electron chi connectivity index (χ1n) is 7.54. The molecule has 0 aliphatic heterocycles. The molecule has 0 aromatic heterocycles. The minimum atomic E-state index is -0.565. The monoisotopic (exact) mass is 252 g/mol. The Morgan fingerprint density at radius 1 is 0.889 bits per heavy atom. The molecule has 0 aromatic carbocycles. The molecule has 2 saturated carbocycles. The second-order valence-corrected chi connectivity index (χ2v) is 5.67. The predicted molar refractivity (Wildman–Crippen MR) is 72.0 cm³/mol. The highest BCUT2D eigenvalue weighted by Gasteiger charge is 2.21. The summed E-state index contributed by atoms with van der Waals surface area (Å²) in [5, 5.41) is 0. The molecule has 2 fully saturated rings. The largest absolute Gasteiger partial charge is 0.379 e. The highest BCUT2D eigenvalue weighted by Crippen LogP contribution is 2.28. The zero-order valence-electron chi connectivity index (χ0n) is 11.5. The van der Waals surface area contributed by atoms with Crippen molar-refractivity contribution in [2.45, 2.75) is 70.6 Å². The molecule has 2 rings (SSSR count). The maximum atomic E-state index is 13.0. The van der Waals surface area contributed by atoms with Crippen LogP contribution in [0.1, 0.15) is 58.3 Å². The van der Waals surface area contributed by atoms with Crippen molar-refractivity contribution >= 4 is 0 Å². The molecule has 0 bridgehead atoms. The van der Waals surface area contributed by atoms with Gasteiger partial charge in [0.25, 0.3) is 0 Å². The van der Waals surface area contributed by atoms with Gasteiger partial charge in [-0.25, -0.2) is 4.39 Å². The van der Waals surface area contributed by atoms with E-state index in [-0.39, 0.29) is 0 Å². The lowest BCUT2D eigenvalue weighted by Crippen LogP contribution is -2.21. The summed E-state index contributed by atoms with van der Waals surface area (Å²) in [7, 11) is 0. The normalized spacial score (nSPS) is 36.8. The summed E-state index contributed by atoms with van der Waals surface area (Å²) in [6.45, 7) is 2.89. The quantitative estimate of drug-likeness (QED) is 0.672. The van der Waals surface area contributed by atoms with E-state index in [0.29, 0.717) is 17.9 Å². The van der Waals surface area contributed by atoms with E-state index in [1.165, 1.54) is 12.8 Å². The lowest BCUT2D eigenvalue weighted by molar-refractivity contribution is 0.0310. The van der Waals surface area contributed by atoms with E-state index >= 15 is 0 Å². The molecule has 0 spiro atoms. The average Bonchev–Trinajstić information content (AvgIpc) is 2.40. The summed E-state index contributed by atoms with van der Waals surface area (Å²) in [5.41, 5.74) is 0. The second-order valence-electron chi connectivity index (χ2n) is 5.67. The molecule has 0 radical (unpaired) electrons. The minimum absolute atomic E-state index is 0.460. The maximum absolute atomic E-state index is 13.0. The number of halogens is 1. The van der Waals surface area contributed by atoms with Crippen LogP contribution in [0, 0.1) is 23.7 Å².